The van der Waals surface area contributed by atoms with Crippen LogP contribution < -0.4 is 5.32 Å². The first-order valence-electron chi connectivity index (χ1n) is 8.95. The summed E-state index contributed by atoms with van der Waals surface area (Å²) in [6.45, 7) is 3.22. The fourth-order valence-corrected chi connectivity index (χ4v) is 4.72. The SMILES string of the molecule is C[C@@](C#N)(NC(=O)CN1CCN(S(=O)(=O)c2ccc(F)cc2)CC1)C1CC1. The smallest absolute Gasteiger partial charge is 0.243 e. The number of hydrogen-bond donors (Lipinski definition) is 1. The molecule has 1 saturated heterocycles. The van der Waals surface area contributed by atoms with E-state index in [0.29, 0.717) is 13.1 Å². The van der Waals surface area contributed by atoms with Crippen LogP contribution in [0.25, 0.3) is 0 Å². The number of rotatable bonds is 6. The zero-order valence-electron chi connectivity index (χ0n) is 15.2. The van der Waals surface area contributed by atoms with E-state index in [-0.39, 0.29) is 36.4 Å². The van der Waals surface area contributed by atoms with Crippen molar-refractivity contribution in [3.05, 3.63) is 30.1 Å². The van der Waals surface area contributed by atoms with Gasteiger partial charge in [0.25, 0.3) is 0 Å². The molecule has 0 radical (unpaired) electrons. The maximum absolute atomic E-state index is 13.0. The molecule has 0 bridgehead atoms. The van der Waals surface area contributed by atoms with Gasteiger partial charge < -0.3 is 5.32 Å². The van der Waals surface area contributed by atoms with Crippen molar-refractivity contribution in [2.45, 2.75) is 30.2 Å². The summed E-state index contributed by atoms with van der Waals surface area (Å²) in [6, 6.07) is 6.95. The molecule has 3 rings (SSSR count). The monoisotopic (exact) mass is 394 g/mol. The number of carbonyl (C=O) groups is 1. The van der Waals surface area contributed by atoms with Gasteiger partial charge in [0, 0.05) is 26.2 Å². The molecule has 9 heteroatoms. The third kappa shape index (κ3) is 4.46. The lowest BCUT2D eigenvalue weighted by molar-refractivity contribution is -0.123. The van der Waals surface area contributed by atoms with Gasteiger partial charge in [0.15, 0.2) is 0 Å². The molecule has 1 N–H and O–H groups in total. The number of nitrogens with zero attached hydrogens (tertiary/aromatic N) is 3. The van der Waals surface area contributed by atoms with Crippen LogP contribution in [0, 0.1) is 23.1 Å². The topological polar surface area (TPSA) is 93.5 Å². The normalized spacial score (nSPS) is 21.2. The van der Waals surface area contributed by atoms with Gasteiger partial charge in [0.1, 0.15) is 11.4 Å². The van der Waals surface area contributed by atoms with Crippen LogP contribution >= 0.6 is 0 Å². The number of piperazine rings is 1. The van der Waals surface area contributed by atoms with E-state index >= 15 is 0 Å². The number of sulfonamides is 1. The summed E-state index contributed by atoms with van der Waals surface area (Å²) in [7, 11) is -3.67. The second kappa shape index (κ2) is 7.54. The molecule has 1 aromatic carbocycles. The van der Waals surface area contributed by atoms with Gasteiger partial charge in [0.2, 0.25) is 15.9 Å². The van der Waals surface area contributed by atoms with Crippen molar-refractivity contribution in [2.75, 3.05) is 32.7 Å². The van der Waals surface area contributed by atoms with Crippen LogP contribution in [0.5, 0.6) is 0 Å². The van der Waals surface area contributed by atoms with Crippen LogP contribution in [0.1, 0.15) is 19.8 Å². The van der Waals surface area contributed by atoms with Gasteiger partial charge in [-0.2, -0.15) is 9.57 Å². The lowest BCUT2D eigenvalue weighted by Gasteiger charge is -2.34. The molecule has 2 aliphatic rings. The van der Waals surface area contributed by atoms with Crippen LogP contribution in [0.3, 0.4) is 0 Å². The van der Waals surface area contributed by atoms with E-state index in [4.69, 9.17) is 0 Å². The van der Waals surface area contributed by atoms with Gasteiger partial charge in [-0.15, -0.1) is 0 Å². The van der Waals surface area contributed by atoms with Crippen LogP contribution in [0.2, 0.25) is 0 Å². The Bertz CT molecular complexity index is 840. The number of amides is 1. The van der Waals surface area contributed by atoms with E-state index in [2.05, 4.69) is 11.4 Å². The number of nitriles is 1. The second-order valence-corrected chi connectivity index (χ2v) is 9.21. The minimum atomic E-state index is -3.67. The molecule has 1 saturated carbocycles. The van der Waals surface area contributed by atoms with Crippen LogP contribution in [-0.2, 0) is 14.8 Å². The van der Waals surface area contributed by atoms with Gasteiger partial charge in [-0.25, -0.2) is 12.8 Å². The zero-order chi connectivity index (χ0) is 19.7. The summed E-state index contributed by atoms with van der Waals surface area (Å²) in [5.41, 5.74) is -0.829. The fraction of sp³-hybridized carbons (Fsp3) is 0.556. The summed E-state index contributed by atoms with van der Waals surface area (Å²) in [6.07, 6.45) is 1.90. The van der Waals surface area contributed by atoms with E-state index in [0.717, 1.165) is 25.0 Å². The Hall–Kier alpha value is -2.02. The van der Waals surface area contributed by atoms with E-state index in [1.54, 1.807) is 6.92 Å². The highest BCUT2D eigenvalue weighted by atomic mass is 32.2. The summed E-state index contributed by atoms with van der Waals surface area (Å²) < 4.78 is 39.6. The first-order chi connectivity index (χ1) is 12.7. The fourth-order valence-electron chi connectivity index (χ4n) is 3.30. The molecule has 2 fully saturated rings. The van der Waals surface area contributed by atoms with Crippen LogP contribution in [-0.4, -0.2) is 61.8 Å². The summed E-state index contributed by atoms with van der Waals surface area (Å²) >= 11 is 0. The summed E-state index contributed by atoms with van der Waals surface area (Å²) in [5.74, 6) is -0.495. The Morgan fingerprint density at radius 3 is 2.37 bits per heavy atom. The number of hydrogen-bond acceptors (Lipinski definition) is 5. The number of benzene rings is 1. The molecular weight excluding hydrogens is 371 g/mol. The minimum absolute atomic E-state index is 0.0595. The van der Waals surface area contributed by atoms with Crippen molar-refractivity contribution in [3.63, 3.8) is 0 Å². The Morgan fingerprint density at radius 2 is 1.85 bits per heavy atom. The molecule has 0 unspecified atom stereocenters. The van der Waals surface area contributed by atoms with E-state index in [1.165, 1.54) is 16.4 Å². The predicted octanol–water partition coefficient (Wildman–Crippen LogP) is 0.940. The quantitative estimate of drug-likeness (QED) is 0.775. The number of halogens is 1. The molecule has 0 aromatic heterocycles. The van der Waals surface area contributed by atoms with Crippen molar-refractivity contribution < 1.29 is 17.6 Å². The average molecular weight is 394 g/mol. The molecule has 146 valence electrons. The minimum Gasteiger partial charge on any atom is -0.337 e. The molecular formula is C18H23FN4O3S. The third-order valence-electron chi connectivity index (χ3n) is 5.18. The zero-order valence-corrected chi connectivity index (χ0v) is 16.0. The highest BCUT2D eigenvalue weighted by molar-refractivity contribution is 7.89. The Labute approximate surface area is 158 Å². The highest BCUT2D eigenvalue weighted by Gasteiger charge is 2.43. The van der Waals surface area contributed by atoms with Crippen molar-refractivity contribution in [2.24, 2.45) is 5.92 Å². The Balaban J connectivity index is 1.53. The highest BCUT2D eigenvalue weighted by Crippen LogP contribution is 2.39. The van der Waals surface area contributed by atoms with Gasteiger partial charge in [-0.3, -0.25) is 9.69 Å². The summed E-state index contributed by atoms with van der Waals surface area (Å²) in [5, 5.41) is 12.1. The molecule has 7 nitrogen and oxygen atoms in total. The van der Waals surface area contributed by atoms with Gasteiger partial charge >= 0.3 is 0 Å². The molecule has 27 heavy (non-hydrogen) atoms. The van der Waals surface area contributed by atoms with E-state index < -0.39 is 21.4 Å². The van der Waals surface area contributed by atoms with Crippen molar-refractivity contribution in [1.29, 1.82) is 5.26 Å². The molecule has 1 atom stereocenters. The van der Waals surface area contributed by atoms with E-state index in [9.17, 15) is 22.9 Å². The molecule has 1 aliphatic carbocycles. The first kappa shape index (κ1) is 19.7. The summed E-state index contributed by atoms with van der Waals surface area (Å²) in [4.78, 5) is 14.2. The van der Waals surface area contributed by atoms with Crippen molar-refractivity contribution in [3.8, 4) is 6.07 Å². The predicted molar refractivity (Wildman–Crippen MR) is 96.5 cm³/mol. The second-order valence-electron chi connectivity index (χ2n) is 7.27. The van der Waals surface area contributed by atoms with Crippen LogP contribution in [0.15, 0.2) is 29.2 Å². The molecule has 1 aliphatic heterocycles. The van der Waals surface area contributed by atoms with E-state index in [1.807, 2.05) is 4.90 Å². The van der Waals surface area contributed by atoms with Gasteiger partial charge in [-0.1, -0.05) is 0 Å². The maximum atomic E-state index is 13.0. The average Bonchev–Trinajstić information content (AvgIpc) is 3.48. The molecule has 1 aromatic rings. The number of carbonyl (C=O) groups excluding carboxylic acids is 1. The Morgan fingerprint density at radius 1 is 1.26 bits per heavy atom. The third-order valence-corrected chi connectivity index (χ3v) is 7.09. The maximum Gasteiger partial charge on any atom is 0.243 e. The van der Waals surface area contributed by atoms with Crippen molar-refractivity contribution in [1.82, 2.24) is 14.5 Å². The molecule has 1 heterocycles. The van der Waals surface area contributed by atoms with Crippen LogP contribution in [0.4, 0.5) is 4.39 Å². The molecule has 1 amide bonds. The van der Waals surface area contributed by atoms with Gasteiger partial charge in [-0.05, 0) is 49.9 Å². The first-order valence-corrected chi connectivity index (χ1v) is 10.4. The van der Waals surface area contributed by atoms with Gasteiger partial charge in [0.05, 0.1) is 17.5 Å². The lowest BCUT2D eigenvalue weighted by atomic mass is 9.98. The largest absolute Gasteiger partial charge is 0.337 e. The van der Waals surface area contributed by atoms with Crippen molar-refractivity contribution >= 4 is 15.9 Å². The Kier molecular flexibility index (Phi) is 5.51. The lowest BCUT2D eigenvalue weighted by Crippen LogP contribution is -2.54. The number of nitrogens with one attached hydrogen (secondary N) is 1. The standard InChI is InChI=1S/C18H23FN4O3S/c1-18(13-20,14-2-3-14)21-17(24)12-22-8-10-23(11-9-22)27(25,26)16-6-4-15(19)5-7-16/h4-7,14H,2-3,8-12H2,1H3,(H,21,24)/t18-/m0/s1. The molecule has 0 spiro atoms.